The van der Waals surface area contributed by atoms with Gasteiger partial charge in [0.2, 0.25) is 0 Å². The van der Waals surface area contributed by atoms with Crippen molar-refractivity contribution in [3.05, 3.63) is 0 Å². The van der Waals surface area contributed by atoms with Gasteiger partial charge in [0.15, 0.2) is 0 Å². The first-order chi connectivity index (χ1) is 7.09. The fourth-order valence-electron chi connectivity index (χ4n) is 2.10. The Balaban J connectivity index is 2.23. The lowest BCUT2D eigenvalue weighted by molar-refractivity contribution is 0.00271. The van der Waals surface area contributed by atoms with E-state index < -0.39 is 0 Å². The van der Waals surface area contributed by atoms with E-state index in [1.165, 1.54) is 6.42 Å². The topological polar surface area (TPSA) is 24.5 Å². The fraction of sp³-hybridized carbons (Fsp3) is 1.00. The number of ether oxygens (including phenoxy) is 1. The summed E-state index contributed by atoms with van der Waals surface area (Å²) >= 11 is 0. The molecule has 0 amide bonds. The zero-order chi connectivity index (χ0) is 11.3. The van der Waals surface area contributed by atoms with Crippen molar-refractivity contribution in [2.45, 2.75) is 39.3 Å². The summed E-state index contributed by atoms with van der Waals surface area (Å²) in [7, 11) is 2.20. The van der Waals surface area contributed by atoms with Crippen molar-refractivity contribution in [2.24, 2.45) is 5.92 Å². The standard InChI is InChI=1S/C12H26N2O/c1-10(2)7-11(3)14(4)9-12-8-13-5-6-15-12/h10-13H,5-9H2,1-4H3. The number of nitrogens with zero attached hydrogens (tertiary/aromatic N) is 1. The van der Waals surface area contributed by atoms with Crippen LogP contribution in [0.15, 0.2) is 0 Å². The molecule has 2 unspecified atom stereocenters. The molecule has 1 rings (SSSR count). The Hall–Kier alpha value is -0.120. The Kier molecular flexibility index (Phi) is 5.58. The van der Waals surface area contributed by atoms with Crippen molar-refractivity contribution >= 4 is 0 Å². The van der Waals surface area contributed by atoms with Crippen LogP contribution >= 0.6 is 0 Å². The lowest BCUT2D eigenvalue weighted by Gasteiger charge is -2.32. The third-order valence-corrected chi connectivity index (χ3v) is 3.06. The molecule has 2 atom stereocenters. The van der Waals surface area contributed by atoms with Crippen LogP contribution in [-0.2, 0) is 4.74 Å². The maximum Gasteiger partial charge on any atom is 0.0826 e. The largest absolute Gasteiger partial charge is 0.374 e. The zero-order valence-corrected chi connectivity index (χ0v) is 10.6. The van der Waals surface area contributed by atoms with Crippen molar-refractivity contribution in [3.63, 3.8) is 0 Å². The molecule has 0 bridgehead atoms. The highest BCUT2D eigenvalue weighted by atomic mass is 16.5. The molecule has 0 aromatic heterocycles. The Labute approximate surface area is 94.2 Å². The van der Waals surface area contributed by atoms with Crippen molar-refractivity contribution in [2.75, 3.05) is 33.3 Å². The molecule has 3 nitrogen and oxygen atoms in total. The Bertz CT molecular complexity index is 167. The normalized spacial score (nSPS) is 24.8. The fourth-order valence-corrected chi connectivity index (χ4v) is 2.10. The van der Waals surface area contributed by atoms with Gasteiger partial charge in [0.25, 0.3) is 0 Å². The number of rotatable bonds is 5. The number of nitrogens with one attached hydrogen (secondary N) is 1. The summed E-state index contributed by atoms with van der Waals surface area (Å²) in [5.74, 6) is 0.771. The van der Waals surface area contributed by atoms with E-state index in [1.54, 1.807) is 0 Å². The molecule has 0 radical (unpaired) electrons. The van der Waals surface area contributed by atoms with Gasteiger partial charge in [0.1, 0.15) is 0 Å². The number of hydrogen-bond acceptors (Lipinski definition) is 3. The minimum atomic E-state index is 0.373. The smallest absolute Gasteiger partial charge is 0.0826 e. The molecule has 0 aliphatic carbocycles. The predicted octanol–water partition coefficient (Wildman–Crippen LogP) is 1.34. The van der Waals surface area contributed by atoms with Crippen LogP contribution in [0.1, 0.15) is 27.2 Å². The van der Waals surface area contributed by atoms with E-state index >= 15 is 0 Å². The second-order valence-electron chi connectivity index (χ2n) is 5.12. The van der Waals surface area contributed by atoms with Crippen LogP contribution in [-0.4, -0.2) is 50.3 Å². The molecule has 3 heteroatoms. The van der Waals surface area contributed by atoms with E-state index in [9.17, 15) is 0 Å². The predicted molar refractivity (Wildman–Crippen MR) is 64.2 cm³/mol. The first kappa shape index (κ1) is 12.9. The number of likely N-dealkylation sites (N-methyl/N-ethyl adjacent to an activating group) is 1. The van der Waals surface area contributed by atoms with Crippen molar-refractivity contribution < 1.29 is 4.74 Å². The Morgan fingerprint density at radius 3 is 2.67 bits per heavy atom. The van der Waals surface area contributed by atoms with E-state index in [-0.39, 0.29) is 0 Å². The van der Waals surface area contributed by atoms with Gasteiger partial charge in [0, 0.05) is 25.7 Å². The molecule has 15 heavy (non-hydrogen) atoms. The number of morpholine rings is 1. The minimum absolute atomic E-state index is 0.373. The summed E-state index contributed by atoms with van der Waals surface area (Å²) in [5.41, 5.74) is 0. The SMILES string of the molecule is CC(C)CC(C)N(C)CC1CNCCO1. The van der Waals surface area contributed by atoms with Gasteiger partial charge in [-0.15, -0.1) is 0 Å². The van der Waals surface area contributed by atoms with Crippen LogP contribution < -0.4 is 5.32 Å². The summed E-state index contributed by atoms with van der Waals surface area (Å²) in [6, 6.07) is 0.649. The van der Waals surface area contributed by atoms with Crippen LogP contribution in [0, 0.1) is 5.92 Å². The Morgan fingerprint density at radius 2 is 2.13 bits per heavy atom. The van der Waals surface area contributed by atoms with Crippen LogP contribution in [0.5, 0.6) is 0 Å². The first-order valence-corrected chi connectivity index (χ1v) is 6.12. The van der Waals surface area contributed by atoms with Gasteiger partial charge < -0.3 is 15.0 Å². The van der Waals surface area contributed by atoms with E-state index in [4.69, 9.17) is 4.74 Å². The van der Waals surface area contributed by atoms with E-state index in [0.29, 0.717) is 12.1 Å². The lowest BCUT2D eigenvalue weighted by atomic mass is 10.0. The van der Waals surface area contributed by atoms with Gasteiger partial charge in [-0.3, -0.25) is 0 Å². The summed E-state index contributed by atoms with van der Waals surface area (Å²) < 4.78 is 5.70. The molecule has 1 N–H and O–H groups in total. The summed E-state index contributed by atoms with van der Waals surface area (Å²) in [4.78, 5) is 2.41. The molecule has 1 aliphatic heterocycles. The van der Waals surface area contributed by atoms with Crippen LogP contribution in [0.4, 0.5) is 0 Å². The molecule has 1 aliphatic rings. The van der Waals surface area contributed by atoms with E-state index in [1.807, 2.05) is 0 Å². The zero-order valence-electron chi connectivity index (χ0n) is 10.6. The van der Waals surface area contributed by atoms with E-state index in [0.717, 1.165) is 32.2 Å². The molecular formula is C12H26N2O. The van der Waals surface area contributed by atoms with E-state index in [2.05, 4.69) is 38.0 Å². The van der Waals surface area contributed by atoms with Crippen LogP contribution in [0.2, 0.25) is 0 Å². The molecule has 1 saturated heterocycles. The average molecular weight is 214 g/mol. The molecule has 0 aromatic rings. The van der Waals surface area contributed by atoms with Gasteiger partial charge in [-0.2, -0.15) is 0 Å². The maximum atomic E-state index is 5.70. The number of hydrogen-bond donors (Lipinski definition) is 1. The Morgan fingerprint density at radius 1 is 1.40 bits per heavy atom. The van der Waals surface area contributed by atoms with Crippen molar-refractivity contribution in [1.29, 1.82) is 0 Å². The molecule has 1 fully saturated rings. The quantitative estimate of drug-likeness (QED) is 0.747. The third-order valence-electron chi connectivity index (χ3n) is 3.06. The molecule has 0 spiro atoms. The van der Waals surface area contributed by atoms with Gasteiger partial charge in [-0.25, -0.2) is 0 Å². The average Bonchev–Trinajstić information content (AvgIpc) is 2.18. The molecule has 90 valence electrons. The monoisotopic (exact) mass is 214 g/mol. The van der Waals surface area contributed by atoms with Gasteiger partial charge in [-0.1, -0.05) is 13.8 Å². The van der Waals surface area contributed by atoms with Crippen LogP contribution in [0.3, 0.4) is 0 Å². The third kappa shape index (κ3) is 4.96. The second kappa shape index (κ2) is 6.46. The summed E-state index contributed by atoms with van der Waals surface area (Å²) in [5, 5.41) is 3.37. The molecule has 0 aromatic carbocycles. The van der Waals surface area contributed by atoms with Gasteiger partial charge in [0.05, 0.1) is 12.7 Å². The summed E-state index contributed by atoms with van der Waals surface area (Å²) in [6.07, 6.45) is 1.63. The van der Waals surface area contributed by atoms with Gasteiger partial charge >= 0.3 is 0 Å². The molecular weight excluding hydrogens is 188 g/mol. The molecule has 1 heterocycles. The minimum Gasteiger partial charge on any atom is -0.374 e. The highest BCUT2D eigenvalue weighted by Gasteiger charge is 2.18. The van der Waals surface area contributed by atoms with Crippen LogP contribution in [0.25, 0.3) is 0 Å². The van der Waals surface area contributed by atoms with Crippen molar-refractivity contribution in [1.82, 2.24) is 10.2 Å². The summed E-state index contributed by atoms with van der Waals surface area (Å²) in [6.45, 7) is 10.8. The van der Waals surface area contributed by atoms with Crippen molar-refractivity contribution in [3.8, 4) is 0 Å². The maximum absolute atomic E-state index is 5.70. The lowest BCUT2D eigenvalue weighted by Crippen LogP contribution is -2.46. The highest BCUT2D eigenvalue weighted by Crippen LogP contribution is 2.10. The second-order valence-corrected chi connectivity index (χ2v) is 5.12. The molecule has 0 saturated carbocycles. The first-order valence-electron chi connectivity index (χ1n) is 6.12. The van der Waals surface area contributed by atoms with Gasteiger partial charge in [-0.05, 0) is 26.3 Å². The highest BCUT2D eigenvalue weighted by molar-refractivity contribution is 4.73.